The van der Waals surface area contributed by atoms with Crippen LogP contribution in [0.25, 0.3) is 0 Å². The number of ether oxygens (including phenoxy) is 1. The molecule has 0 aromatic heterocycles. The van der Waals surface area contributed by atoms with E-state index in [9.17, 15) is 8.42 Å². The lowest BCUT2D eigenvalue weighted by Gasteiger charge is -2.24. The largest absolute Gasteiger partial charge is 0.385 e. The van der Waals surface area contributed by atoms with Crippen LogP contribution in [-0.2, 0) is 14.8 Å². The average Bonchev–Trinajstić information content (AvgIpc) is 2.17. The lowest BCUT2D eigenvalue weighted by Crippen LogP contribution is -2.39. The number of methoxy groups -OCH3 is 1. The second-order valence-corrected chi connectivity index (χ2v) is 5.82. The van der Waals surface area contributed by atoms with Gasteiger partial charge in [-0.3, -0.25) is 0 Å². The van der Waals surface area contributed by atoms with Gasteiger partial charge in [0.15, 0.2) is 0 Å². The van der Waals surface area contributed by atoms with E-state index in [4.69, 9.17) is 10.00 Å². The molecule has 0 amide bonds. The Kier molecular flexibility index (Phi) is 7.30. The van der Waals surface area contributed by atoms with Crippen LogP contribution in [0.5, 0.6) is 0 Å². The molecule has 0 aromatic carbocycles. The molecule has 0 atom stereocenters. The molecule has 0 radical (unpaired) electrons. The Labute approximate surface area is 98.1 Å². The highest BCUT2D eigenvalue weighted by Gasteiger charge is 2.23. The van der Waals surface area contributed by atoms with Crippen molar-refractivity contribution < 1.29 is 13.2 Å². The predicted molar refractivity (Wildman–Crippen MR) is 62.4 cm³/mol. The molecule has 0 rings (SSSR count). The second kappa shape index (κ2) is 7.60. The third-order valence-corrected chi connectivity index (χ3v) is 4.25. The molecule has 5 nitrogen and oxygen atoms in total. The Morgan fingerprint density at radius 1 is 1.44 bits per heavy atom. The van der Waals surface area contributed by atoms with Gasteiger partial charge in [-0.1, -0.05) is 0 Å². The molecule has 0 aromatic rings. The summed E-state index contributed by atoms with van der Waals surface area (Å²) in [5.74, 6) is 0.0739. The summed E-state index contributed by atoms with van der Waals surface area (Å²) in [6, 6.07) is 1.85. The minimum atomic E-state index is -3.26. The maximum atomic E-state index is 11.9. The highest BCUT2D eigenvalue weighted by atomic mass is 32.2. The molecule has 0 saturated heterocycles. The molecule has 0 unspecified atom stereocenters. The zero-order valence-electron chi connectivity index (χ0n) is 10.1. The quantitative estimate of drug-likeness (QED) is 0.600. The summed E-state index contributed by atoms with van der Waals surface area (Å²) in [7, 11) is -1.72. The van der Waals surface area contributed by atoms with Crippen LogP contribution < -0.4 is 0 Å². The van der Waals surface area contributed by atoms with E-state index in [-0.39, 0.29) is 24.8 Å². The summed E-state index contributed by atoms with van der Waals surface area (Å²) in [6.07, 6.45) is 0.705. The van der Waals surface area contributed by atoms with Gasteiger partial charge in [-0.25, -0.2) is 8.42 Å². The molecule has 0 N–H and O–H groups in total. The molecular formula is C10H20N2O3S. The van der Waals surface area contributed by atoms with E-state index < -0.39 is 10.0 Å². The maximum Gasteiger partial charge on any atom is 0.214 e. The van der Waals surface area contributed by atoms with Crippen LogP contribution in [0.4, 0.5) is 0 Å². The summed E-state index contributed by atoms with van der Waals surface area (Å²) in [5, 5.41) is 8.49. The van der Waals surface area contributed by atoms with Crippen molar-refractivity contribution in [2.75, 3.05) is 26.0 Å². The van der Waals surface area contributed by atoms with E-state index in [0.717, 1.165) is 0 Å². The maximum absolute atomic E-state index is 11.9. The monoisotopic (exact) mass is 248 g/mol. The molecule has 0 spiro atoms. The average molecular weight is 248 g/mol. The summed E-state index contributed by atoms with van der Waals surface area (Å²) < 4.78 is 30.0. The lowest BCUT2D eigenvalue weighted by molar-refractivity contribution is 0.199. The Bertz CT molecular complexity index is 319. The normalized spacial score (nSPS) is 12.0. The number of hydrogen-bond donors (Lipinski definition) is 0. The van der Waals surface area contributed by atoms with E-state index in [1.807, 2.05) is 19.9 Å². The van der Waals surface area contributed by atoms with Crippen LogP contribution in [0.2, 0.25) is 0 Å². The molecule has 0 aliphatic rings. The molecule has 0 saturated carbocycles. The van der Waals surface area contributed by atoms with Crippen LogP contribution in [0, 0.1) is 11.3 Å². The molecule has 16 heavy (non-hydrogen) atoms. The number of hydrogen-bond acceptors (Lipinski definition) is 4. The van der Waals surface area contributed by atoms with Gasteiger partial charge in [0.1, 0.15) is 0 Å². The first-order chi connectivity index (χ1) is 7.45. The van der Waals surface area contributed by atoms with Crippen molar-refractivity contribution in [3.8, 4) is 6.07 Å². The van der Waals surface area contributed by atoms with Crippen molar-refractivity contribution in [3.63, 3.8) is 0 Å². The van der Waals surface area contributed by atoms with Gasteiger partial charge >= 0.3 is 0 Å². The van der Waals surface area contributed by atoms with E-state index in [0.29, 0.717) is 13.0 Å². The van der Waals surface area contributed by atoms with E-state index in [2.05, 4.69) is 0 Å². The topological polar surface area (TPSA) is 70.4 Å². The second-order valence-electron chi connectivity index (χ2n) is 3.77. The first-order valence-corrected chi connectivity index (χ1v) is 6.92. The van der Waals surface area contributed by atoms with Gasteiger partial charge in [-0.2, -0.15) is 9.57 Å². The van der Waals surface area contributed by atoms with Crippen molar-refractivity contribution in [1.29, 1.82) is 5.26 Å². The Balaban J connectivity index is 4.45. The first kappa shape index (κ1) is 15.4. The Morgan fingerprint density at radius 2 is 2.06 bits per heavy atom. The van der Waals surface area contributed by atoms with Gasteiger partial charge in [0, 0.05) is 32.7 Å². The number of nitrogens with zero attached hydrogens (tertiary/aromatic N) is 2. The minimum absolute atomic E-state index is 0.0739. The summed E-state index contributed by atoms with van der Waals surface area (Å²) in [4.78, 5) is 0. The molecular weight excluding hydrogens is 228 g/mol. The number of nitriles is 1. The molecule has 0 heterocycles. The highest BCUT2D eigenvalue weighted by Crippen LogP contribution is 2.09. The zero-order valence-corrected chi connectivity index (χ0v) is 11.0. The van der Waals surface area contributed by atoms with E-state index in [1.165, 1.54) is 4.31 Å². The van der Waals surface area contributed by atoms with Crippen LogP contribution in [0.1, 0.15) is 26.7 Å². The molecule has 6 heteroatoms. The van der Waals surface area contributed by atoms with Gasteiger partial charge in [-0.05, 0) is 20.3 Å². The van der Waals surface area contributed by atoms with E-state index in [1.54, 1.807) is 7.11 Å². The zero-order chi connectivity index (χ0) is 12.6. The summed E-state index contributed by atoms with van der Waals surface area (Å²) in [5.41, 5.74) is 0. The minimum Gasteiger partial charge on any atom is -0.385 e. The fraction of sp³-hybridized carbons (Fsp3) is 0.900. The fourth-order valence-electron chi connectivity index (χ4n) is 1.38. The van der Waals surface area contributed by atoms with Gasteiger partial charge in [0.2, 0.25) is 10.0 Å². The molecule has 94 valence electrons. The van der Waals surface area contributed by atoms with Crippen LogP contribution in [0.15, 0.2) is 0 Å². The number of sulfonamides is 1. The van der Waals surface area contributed by atoms with Crippen LogP contribution in [0.3, 0.4) is 0 Å². The third-order valence-electron chi connectivity index (χ3n) is 2.13. The standard InChI is InChI=1S/C10H20N2O3S/c1-10(2)12(7-4-6-11)16(13,14)9-5-8-15-3/h10H,4-5,7-9H2,1-3H3. The van der Waals surface area contributed by atoms with Gasteiger partial charge in [0.25, 0.3) is 0 Å². The van der Waals surface area contributed by atoms with E-state index >= 15 is 0 Å². The highest BCUT2D eigenvalue weighted by molar-refractivity contribution is 7.89. The van der Waals surface area contributed by atoms with Crippen LogP contribution in [-0.4, -0.2) is 44.8 Å². The third kappa shape index (κ3) is 5.45. The molecule has 0 fully saturated rings. The smallest absolute Gasteiger partial charge is 0.214 e. The summed E-state index contributed by atoms with van der Waals surface area (Å²) >= 11 is 0. The SMILES string of the molecule is COCCCS(=O)(=O)N(CCC#N)C(C)C. The van der Waals surface area contributed by atoms with Crippen molar-refractivity contribution in [2.45, 2.75) is 32.7 Å². The van der Waals surface area contributed by atoms with Crippen molar-refractivity contribution in [2.24, 2.45) is 0 Å². The molecule has 0 aliphatic carbocycles. The number of rotatable bonds is 8. The van der Waals surface area contributed by atoms with Crippen molar-refractivity contribution in [3.05, 3.63) is 0 Å². The van der Waals surface area contributed by atoms with Gasteiger partial charge in [0.05, 0.1) is 11.8 Å². The molecule has 0 aliphatic heterocycles. The fourth-order valence-corrected chi connectivity index (χ4v) is 3.11. The van der Waals surface area contributed by atoms with Crippen molar-refractivity contribution >= 4 is 10.0 Å². The lowest BCUT2D eigenvalue weighted by atomic mass is 10.3. The van der Waals surface area contributed by atoms with Crippen molar-refractivity contribution in [1.82, 2.24) is 4.31 Å². The molecule has 0 bridgehead atoms. The first-order valence-electron chi connectivity index (χ1n) is 5.31. The van der Waals surface area contributed by atoms with Crippen LogP contribution >= 0.6 is 0 Å². The Hall–Kier alpha value is -0.640. The Morgan fingerprint density at radius 3 is 2.50 bits per heavy atom. The van der Waals surface area contributed by atoms with Gasteiger partial charge < -0.3 is 4.74 Å². The predicted octanol–water partition coefficient (Wildman–Crippen LogP) is 0.977. The van der Waals surface area contributed by atoms with Gasteiger partial charge in [-0.15, -0.1) is 0 Å². The summed E-state index contributed by atoms with van der Waals surface area (Å²) in [6.45, 7) is 4.32.